The molecule has 0 fully saturated rings. The first-order chi connectivity index (χ1) is 13.0. The van der Waals surface area contributed by atoms with Crippen LogP contribution in [0.5, 0.6) is 0 Å². The SMILES string of the molecule is CCCCCCC(C)CC.Cc1cc(=O)c2scc(-c3ccc(N)s3)c2o1. The highest BCUT2D eigenvalue weighted by Crippen LogP contribution is 2.37. The Morgan fingerprint density at radius 2 is 1.96 bits per heavy atom. The lowest BCUT2D eigenvalue weighted by Crippen LogP contribution is -1.97. The molecule has 0 radical (unpaired) electrons. The number of hydrogen-bond acceptors (Lipinski definition) is 5. The van der Waals surface area contributed by atoms with Gasteiger partial charge < -0.3 is 10.2 Å². The van der Waals surface area contributed by atoms with Gasteiger partial charge in [-0.25, -0.2) is 0 Å². The van der Waals surface area contributed by atoms with E-state index in [2.05, 4.69) is 20.8 Å². The molecule has 0 saturated carbocycles. The van der Waals surface area contributed by atoms with Crippen molar-refractivity contribution >= 4 is 38.0 Å². The summed E-state index contributed by atoms with van der Waals surface area (Å²) in [5, 5.41) is 2.70. The minimum absolute atomic E-state index is 0.0181. The van der Waals surface area contributed by atoms with Gasteiger partial charge in [-0.2, -0.15) is 0 Å². The maximum Gasteiger partial charge on any atom is 0.202 e. The predicted molar refractivity (Wildman–Crippen MR) is 121 cm³/mol. The molecule has 3 aromatic rings. The third kappa shape index (κ3) is 6.22. The van der Waals surface area contributed by atoms with E-state index in [0.717, 1.165) is 21.4 Å². The molecule has 3 heterocycles. The zero-order valence-corrected chi connectivity index (χ0v) is 18.5. The zero-order chi connectivity index (χ0) is 19.8. The van der Waals surface area contributed by atoms with Crippen molar-refractivity contribution in [1.82, 2.24) is 0 Å². The van der Waals surface area contributed by atoms with Crippen LogP contribution in [0.4, 0.5) is 5.00 Å². The summed E-state index contributed by atoms with van der Waals surface area (Å²) in [6.07, 6.45) is 8.48. The highest BCUT2D eigenvalue weighted by Gasteiger charge is 2.13. The first kappa shape index (κ1) is 21.7. The molecule has 27 heavy (non-hydrogen) atoms. The van der Waals surface area contributed by atoms with Gasteiger partial charge in [-0.1, -0.05) is 59.3 Å². The van der Waals surface area contributed by atoms with Gasteiger partial charge in [0, 0.05) is 21.9 Å². The summed E-state index contributed by atoms with van der Waals surface area (Å²) in [4.78, 5) is 12.8. The van der Waals surface area contributed by atoms with Gasteiger partial charge in [0.15, 0.2) is 5.58 Å². The summed E-state index contributed by atoms with van der Waals surface area (Å²) in [5.74, 6) is 1.59. The van der Waals surface area contributed by atoms with E-state index in [1.807, 2.05) is 17.5 Å². The van der Waals surface area contributed by atoms with Crippen LogP contribution in [0, 0.1) is 12.8 Å². The summed E-state index contributed by atoms with van der Waals surface area (Å²) in [6.45, 7) is 8.69. The lowest BCUT2D eigenvalue weighted by Gasteiger charge is -2.06. The number of nitrogens with two attached hydrogens (primary N) is 1. The number of rotatable bonds is 7. The maximum atomic E-state index is 11.8. The Bertz CT molecular complexity index is 891. The van der Waals surface area contributed by atoms with Crippen LogP contribution in [0.3, 0.4) is 0 Å². The van der Waals surface area contributed by atoms with Crippen molar-refractivity contribution in [3.8, 4) is 10.4 Å². The Morgan fingerprint density at radius 3 is 2.59 bits per heavy atom. The molecule has 0 amide bonds. The molecule has 1 unspecified atom stereocenters. The summed E-state index contributed by atoms with van der Waals surface area (Å²) in [5.41, 5.74) is 7.36. The first-order valence-electron chi connectivity index (χ1n) is 9.83. The Morgan fingerprint density at radius 1 is 1.19 bits per heavy atom. The molecule has 0 aliphatic carbocycles. The lowest BCUT2D eigenvalue weighted by atomic mass is 10.0. The van der Waals surface area contributed by atoms with Crippen LogP contribution in [0.1, 0.15) is 65.1 Å². The fraction of sp³-hybridized carbons (Fsp3) is 0.500. The van der Waals surface area contributed by atoms with Crippen LogP contribution in [-0.2, 0) is 0 Å². The fourth-order valence-corrected chi connectivity index (χ4v) is 4.62. The highest BCUT2D eigenvalue weighted by molar-refractivity contribution is 7.21. The summed E-state index contributed by atoms with van der Waals surface area (Å²) >= 11 is 2.91. The zero-order valence-electron chi connectivity index (χ0n) is 16.8. The molecule has 0 spiro atoms. The van der Waals surface area contributed by atoms with Gasteiger partial charge in [0.1, 0.15) is 10.5 Å². The summed E-state index contributed by atoms with van der Waals surface area (Å²) in [7, 11) is 0. The van der Waals surface area contributed by atoms with E-state index in [1.54, 1.807) is 6.92 Å². The van der Waals surface area contributed by atoms with Gasteiger partial charge in [-0.3, -0.25) is 4.79 Å². The van der Waals surface area contributed by atoms with Crippen molar-refractivity contribution in [1.29, 1.82) is 0 Å². The van der Waals surface area contributed by atoms with Crippen LogP contribution in [0.15, 0.2) is 32.8 Å². The van der Waals surface area contributed by atoms with Crippen LogP contribution in [0.25, 0.3) is 20.7 Å². The molecule has 0 bridgehead atoms. The van der Waals surface area contributed by atoms with Gasteiger partial charge in [0.2, 0.25) is 5.43 Å². The van der Waals surface area contributed by atoms with Crippen molar-refractivity contribution in [3.05, 3.63) is 39.6 Å². The van der Waals surface area contributed by atoms with Crippen molar-refractivity contribution in [2.45, 2.75) is 66.2 Å². The number of fused-ring (bicyclic) bond motifs is 1. The topological polar surface area (TPSA) is 56.2 Å². The van der Waals surface area contributed by atoms with E-state index in [-0.39, 0.29) is 5.43 Å². The van der Waals surface area contributed by atoms with Crippen molar-refractivity contribution in [3.63, 3.8) is 0 Å². The quantitative estimate of drug-likeness (QED) is 0.415. The molecule has 3 nitrogen and oxygen atoms in total. The minimum atomic E-state index is 0.0181. The van der Waals surface area contributed by atoms with Crippen LogP contribution >= 0.6 is 22.7 Å². The number of hydrogen-bond donors (Lipinski definition) is 1. The van der Waals surface area contributed by atoms with E-state index in [0.29, 0.717) is 16.0 Å². The molecule has 2 N–H and O–H groups in total. The third-order valence-corrected chi connectivity index (χ3v) is 6.63. The maximum absolute atomic E-state index is 11.8. The van der Waals surface area contributed by atoms with Gasteiger partial charge in [0.25, 0.3) is 0 Å². The molecule has 1 atom stereocenters. The molecule has 0 aliphatic heterocycles. The predicted octanol–water partition coefficient (Wildman–Crippen LogP) is 7.48. The van der Waals surface area contributed by atoms with Gasteiger partial charge in [0.05, 0.1) is 5.00 Å². The molecule has 3 aromatic heterocycles. The molecule has 3 rings (SSSR count). The Labute approximate surface area is 170 Å². The number of nitrogen functional groups attached to an aromatic ring is 1. The van der Waals surface area contributed by atoms with E-state index in [1.165, 1.54) is 67.3 Å². The molecular weight excluding hydrogens is 374 g/mol. The molecule has 0 aliphatic rings. The average Bonchev–Trinajstić information content (AvgIpc) is 3.25. The Hall–Kier alpha value is -1.59. The molecule has 5 heteroatoms. The molecule has 0 saturated heterocycles. The van der Waals surface area contributed by atoms with Crippen LogP contribution in [0.2, 0.25) is 0 Å². The number of unbranched alkanes of at least 4 members (excludes halogenated alkanes) is 3. The van der Waals surface area contributed by atoms with Crippen molar-refractivity contribution in [2.75, 3.05) is 5.73 Å². The minimum Gasteiger partial charge on any atom is -0.460 e. The number of thiophene rings is 2. The van der Waals surface area contributed by atoms with E-state index < -0.39 is 0 Å². The summed E-state index contributed by atoms with van der Waals surface area (Å²) < 4.78 is 6.32. The largest absolute Gasteiger partial charge is 0.460 e. The molecular formula is C22H31NO2S2. The second-order valence-electron chi connectivity index (χ2n) is 7.09. The Kier molecular flexibility index (Phi) is 8.58. The van der Waals surface area contributed by atoms with Crippen LogP contribution in [-0.4, -0.2) is 0 Å². The van der Waals surface area contributed by atoms with E-state index in [9.17, 15) is 4.79 Å². The smallest absolute Gasteiger partial charge is 0.202 e. The standard InChI is InChI=1S/C12H9NO2S2.C10H22/c1-6-4-8(14)12-11(15-6)7(5-16-12)9-2-3-10(13)17-9;1-4-6-7-8-9-10(3)5-2/h2-5H,13H2,1H3;10H,4-9H2,1-3H3. The van der Waals surface area contributed by atoms with E-state index >= 15 is 0 Å². The number of aryl methyl sites for hydroxylation is 1. The second kappa shape index (κ2) is 10.7. The second-order valence-corrected chi connectivity index (χ2v) is 9.09. The van der Waals surface area contributed by atoms with E-state index in [4.69, 9.17) is 10.2 Å². The first-order valence-corrected chi connectivity index (χ1v) is 11.5. The average molecular weight is 406 g/mol. The Balaban J connectivity index is 0.000000227. The van der Waals surface area contributed by atoms with Gasteiger partial charge in [-0.05, 0) is 25.0 Å². The number of anilines is 1. The highest BCUT2D eigenvalue weighted by atomic mass is 32.1. The molecule has 148 valence electrons. The van der Waals surface area contributed by atoms with Crippen molar-refractivity contribution in [2.24, 2.45) is 5.92 Å². The third-order valence-electron chi connectivity index (χ3n) is 4.71. The fourth-order valence-electron chi connectivity index (χ4n) is 2.85. The molecule has 0 aromatic carbocycles. The van der Waals surface area contributed by atoms with Gasteiger partial charge >= 0.3 is 0 Å². The lowest BCUT2D eigenvalue weighted by molar-refractivity contribution is 0.477. The monoisotopic (exact) mass is 405 g/mol. The van der Waals surface area contributed by atoms with Crippen LogP contribution < -0.4 is 11.2 Å². The van der Waals surface area contributed by atoms with Gasteiger partial charge in [-0.15, -0.1) is 22.7 Å². The van der Waals surface area contributed by atoms with Crippen molar-refractivity contribution < 1.29 is 4.42 Å². The normalized spacial score (nSPS) is 12.0. The summed E-state index contributed by atoms with van der Waals surface area (Å²) in [6, 6.07) is 5.33.